The zero-order valence-corrected chi connectivity index (χ0v) is 12.6. The topological polar surface area (TPSA) is 41.6 Å². The molecule has 1 N–H and O–H groups in total. The van der Waals surface area contributed by atoms with E-state index in [1.165, 1.54) is 0 Å². The number of rotatable bonds is 7. The zero-order chi connectivity index (χ0) is 13.4. The van der Waals surface area contributed by atoms with E-state index in [9.17, 15) is 4.79 Å². The van der Waals surface area contributed by atoms with Gasteiger partial charge < -0.3 is 15.0 Å². The number of nitrogens with one attached hydrogen (secondary N) is 1. The van der Waals surface area contributed by atoms with Gasteiger partial charge in [0.05, 0.1) is 7.11 Å². The minimum Gasteiger partial charge on any atom is -0.497 e. The lowest BCUT2D eigenvalue weighted by atomic mass is 10.2. The van der Waals surface area contributed by atoms with Crippen molar-refractivity contribution in [2.75, 3.05) is 33.3 Å². The lowest BCUT2D eigenvalue weighted by molar-refractivity contribution is 0.0948. The highest BCUT2D eigenvalue weighted by atomic mass is 35.5. The normalized spacial score (nSPS) is 9.89. The Balaban J connectivity index is 0.00000324. The van der Waals surface area contributed by atoms with Gasteiger partial charge in [0, 0.05) is 18.7 Å². The molecule has 5 heteroatoms. The summed E-state index contributed by atoms with van der Waals surface area (Å²) < 4.78 is 5.09. The molecule has 0 bridgehead atoms. The van der Waals surface area contributed by atoms with E-state index in [0.717, 1.165) is 19.6 Å². The Morgan fingerprint density at radius 2 is 2.00 bits per heavy atom. The minimum absolute atomic E-state index is 0. The Kier molecular flexibility index (Phi) is 9.00. The van der Waals surface area contributed by atoms with Gasteiger partial charge in [-0.15, -0.1) is 12.4 Å². The van der Waals surface area contributed by atoms with Gasteiger partial charge in [0.25, 0.3) is 5.91 Å². The van der Waals surface area contributed by atoms with Gasteiger partial charge in [0.2, 0.25) is 0 Å². The van der Waals surface area contributed by atoms with Crippen LogP contribution in [-0.4, -0.2) is 44.1 Å². The van der Waals surface area contributed by atoms with Crippen molar-refractivity contribution in [2.24, 2.45) is 0 Å². The first-order chi connectivity index (χ1) is 8.71. The number of nitrogens with zero attached hydrogens (tertiary/aromatic N) is 1. The van der Waals surface area contributed by atoms with E-state index in [-0.39, 0.29) is 18.3 Å². The number of methoxy groups -OCH3 is 1. The SMILES string of the molecule is CCN(CC)CCNC(=O)c1cccc(OC)c1.Cl. The first-order valence-corrected chi connectivity index (χ1v) is 6.35. The van der Waals surface area contributed by atoms with Gasteiger partial charge in [-0.05, 0) is 31.3 Å². The number of benzene rings is 1. The van der Waals surface area contributed by atoms with Crippen molar-refractivity contribution < 1.29 is 9.53 Å². The van der Waals surface area contributed by atoms with E-state index in [4.69, 9.17) is 4.74 Å². The molecule has 108 valence electrons. The number of hydrogen-bond acceptors (Lipinski definition) is 3. The number of amides is 1. The molecule has 1 aromatic carbocycles. The predicted octanol–water partition coefficient (Wildman–Crippen LogP) is 2.19. The van der Waals surface area contributed by atoms with E-state index in [1.54, 1.807) is 19.2 Å². The average molecular weight is 287 g/mol. The summed E-state index contributed by atoms with van der Waals surface area (Å²) in [6.45, 7) is 7.79. The van der Waals surface area contributed by atoms with Crippen LogP contribution in [0.5, 0.6) is 5.75 Å². The summed E-state index contributed by atoms with van der Waals surface area (Å²) in [7, 11) is 1.59. The maximum atomic E-state index is 11.9. The number of likely N-dealkylation sites (N-methyl/N-ethyl adjacent to an activating group) is 1. The standard InChI is InChI=1S/C14H22N2O2.ClH/c1-4-16(5-2)10-9-15-14(17)12-7-6-8-13(11-12)18-3;/h6-8,11H,4-5,9-10H2,1-3H3,(H,15,17);1H. The molecule has 1 rings (SSSR count). The number of halogens is 1. The second kappa shape index (κ2) is 9.64. The largest absolute Gasteiger partial charge is 0.497 e. The third-order valence-electron chi connectivity index (χ3n) is 2.94. The van der Waals surface area contributed by atoms with Crippen LogP contribution in [-0.2, 0) is 0 Å². The molecule has 0 unspecified atom stereocenters. The van der Waals surface area contributed by atoms with Crippen LogP contribution in [0.4, 0.5) is 0 Å². The number of carbonyl (C=O) groups excluding carboxylic acids is 1. The maximum absolute atomic E-state index is 11.9. The first-order valence-electron chi connectivity index (χ1n) is 6.35. The second-order valence-electron chi connectivity index (χ2n) is 4.01. The maximum Gasteiger partial charge on any atom is 0.251 e. The van der Waals surface area contributed by atoms with Crippen LogP contribution >= 0.6 is 12.4 Å². The molecule has 0 fully saturated rings. The van der Waals surface area contributed by atoms with E-state index >= 15 is 0 Å². The van der Waals surface area contributed by atoms with E-state index in [0.29, 0.717) is 17.9 Å². The molecule has 1 amide bonds. The van der Waals surface area contributed by atoms with Crippen molar-refractivity contribution in [1.29, 1.82) is 0 Å². The zero-order valence-electron chi connectivity index (χ0n) is 11.8. The molecule has 0 radical (unpaired) electrons. The number of carbonyl (C=O) groups is 1. The molecule has 4 nitrogen and oxygen atoms in total. The van der Waals surface area contributed by atoms with E-state index in [1.807, 2.05) is 12.1 Å². The fourth-order valence-corrected chi connectivity index (χ4v) is 1.73. The van der Waals surface area contributed by atoms with Gasteiger partial charge in [-0.25, -0.2) is 0 Å². The van der Waals surface area contributed by atoms with Crippen LogP contribution in [0.25, 0.3) is 0 Å². The Bertz CT molecular complexity index is 381. The number of ether oxygens (including phenoxy) is 1. The Labute approximate surface area is 121 Å². The Morgan fingerprint density at radius 3 is 2.58 bits per heavy atom. The summed E-state index contributed by atoms with van der Waals surface area (Å²) in [5, 5.41) is 2.91. The van der Waals surface area contributed by atoms with Gasteiger partial charge in [-0.2, -0.15) is 0 Å². The smallest absolute Gasteiger partial charge is 0.251 e. The summed E-state index contributed by atoms with van der Waals surface area (Å²) in [6, 6.07) is 7.17. The molecular weight excluding hydrogens is 264 g/mol. The summed E-state index contributed by atoms with van der Waals surface area (Å²) in [6.07, 6.45) is 0. The lowest BCUT2D eigenvalue weighted by Gasteiger charge is -2.17. The van der Waals surface area contributed by atoms with Crippen molar-refractivity contribution in [3.8, 4) is 5.75 Å². The van der Waals surface area contributed by atoms with Crippen LogP contribution in [0.2, 0.25) is 0 Å². The van der Waals surface area contributed by atoms with Crippen LogP contribution < -0.4 is 10.1 Å². The van der Waals surface area contributed by atoms with Crippen LogP contribution in [0, 0.1) is 0 Å². The van der Waals surface area contributed by atoms with Crippen LogP contribution in [0.1, 0.15) is 24.2 Å². The fraction of sp³-hybridized carbons (Fsp3) is 0.500. The van der Waals surface area contributed by atoms with Crippen molar-refractivity contribution in [3.05, 3.63) is 29.8 Å². The monoisotopic (exact) mass is 286 g/mol. The van der Waals surface area contributed by atoms with E-state index in [2.05, 4.69) is 24.1 Å². The van der Waals surface area contributed by atoms with Crippen molar-refractivity contribution in [3.63, 3.8) is 0 Å². The quantitative estimate of drug-likeness (QED) is 0.835. The van der Waals surface area contributed by atoms with Gasteiger partial charge in [0.15, 0.2) is 0 Å². The highest BCUT2D eigenvalue weighted by molar-refractivity contribution is 5.94. The van der Waals surface area contributed by atoms with Crippen LogP contribution in [0.3, 0.4) is 0 Å². The predicted molar refractivity (Wildman–Crippen MR) is 80.4 cm³/mol. The molecule has 0 spiro atoms. The number of hydrogen-bond donors (Lipinski definition) is 1. The molecule has 0 heterocycles. The van der Waals surface area contributed by atoms with Crippen LogP contribution in [0.15, 0.2) is 24.3 Å². The molecule has 19 heavy (non-hydrogen) atoms. The van der Waals surface area contributed by atoms with Gasteiger partial charge in [-0.1, -0.05) is 19.9 Å². The Hall–Kier alpha value is -1.26. The third-order valence-corrected chi connectivity index (χ3v) is 2.94. The van der Waals surface area contributed by atoms with E-state index < -0.39 is 0 Å². The molecule has 0 atom stereocenters. The second-order valence-corrected chi connectivity index (χ2v) is 4.01. The highest BCUT2D eigenvalue weighted by Crippen LogP contribution is 2.12. The van der Waals surface area contributed by atoms with Crippen molar-refractivity contribution in [1.82, 2.24) is 10.2 Å². The molecule has 0 aromatic heterocycles. The molecule has 0 aliphatic rings. The molecule has 0 aliphatic carbocycles. The van der Waals surface area contributed by atoms with Crippen molar-refractivity contribution >= 4 is 18.3 Å². The molecular formula is C14H23ClN2O2. The minimum atomic E-state index is -0.0546. The van der Waals surface area contributed by atoms with Gasteiger partial charge >= 0.3 is 0 Å². The summed E-state index contributed by atoms with van der Waals surface area (Å²) in [5.41, 5.74) is 0.633. The fourth-order valence-electron chi connectivity index (χ4n) is 1.73. The van der Waals surface area contributed by atoms with Crippen molar-refractivity contribution in [2.45, 2.75) is 13.8 Å². The lowest BCUT2D eigenvalue weighted by Crippen LogP contribution is -2.34. The third kappa shape index (κ3) is 5.94. The molecule has 0 saturated heterocycles. The molecule has 0 saturated carbocycles. The van der Waals surface area contributed by atoms with Gasteiger partial charge in [-0.3, -0.25) is 4.79 Å². The first kappa shape index (κ1) is 17.7. The Morgan fingerprint density at radius 1 is 1.32 bits per heavy atom. The van der Waals surface area contributed by atoms with Gasteiger partial charge in [0.1, 0.15) is 5.75 Å². The summed E-state index contributed by atoms with van der Waals surface area (Å²) >= 11 is 0. The molecule has 0 aliphatic heterocycles. The average Bonchev–Trinajstić information content (AvgIpc) is 2.43. The highest BCUT2D eigenvalue weighted by Gasteiger charge is 2.06. The molecule has 1 aromatic rings. The summed E-state index contributed by atoms with van der Waals surface area (Å²) in [5.74, 6) is 0.646. The summed E-state index contributed by atoms with van der Waals surface area (Å²) in [4.78, 5) is 14.2.